The number of thioether (sulfide) groups is 1. The normalized spacial score (nSPS) is 13.7. The van der Waals surface area contributed by atoms with Crippen molar-refractivity contribution in [2.45, 2.75) is 24.3 Å². The van der Waals surface area contributed by atoms with Gasteiger partial charge in [-0.15, -0.1) is 18.3 Å². The van der Waals surface area contributed by atoms with Crippen LogP contribution in [0.5, 0.6) is 0 Å². The molecule has 0 spiro atoms. The maximum atomic E-state index is 12.8. The zero-order valence-corrected chi connectivity index (χ0v) is 11.5. The van der Waals surface area contributed by atoms with E-state index in [4.69, 9.17) is 0 Å². The molecule has 2 nitrogen and oxygen atoms in total. The lowest BCUT2D eigenvalue weighted by molar-refractivity contribution is -0.120. The zero-order chi connectivity index (χ0) is 13.5. The van der Waals surface area contributed by atoms with Crippen molar-refractivity contribution in [1.82, 2.24) is 5.32 Å². The minimum absolute atomic E-state index is 0.00568. The van der Waals surface area contributed by atoms with Gasteiger partial charge in [0.05, 0.1) is 5.25 Å². The van der Waals surface area contributed by atoms with E-state index in [1.165, 1.54) is 12.1 Å². The monoisotopic (exact) mass is 267 g/mol. The summed E-state index contributed by atoms with van der Waals surface area (Å²) in [5, 5.41) is 2.76. The second kappa shape index (κ2) is 7.21. The highest BCUT2D eigenvalue weighted by Gasteiger charge is 2.17. The van der Waals surface area contributed by atoms with Crippen LogP contribution in [0.4, 0.5) is 4.39 Å². The van der Waals surface area contributed by atoms with Crippen LogP contribution in [0.25, 0.3) is 0 Å². The van der Waals surface area contributed by atoms with Crippen LogP contribution in [0.15, 0.2) is 36.9 Å². The Labute approximate surface area is 112 Å². The highest BCUT2D eigenvalue weighted by Crippen LogP contribution is 2.31. The van der Waals surface area contributed by atoms with Crippen molar-refractivity contribution in [3.63, 3.8) is 0 Å². The third-order valence-electron chi connectivity index (χ3n) is 2.54. The summed E-state index contributed by atoms with van der Waals surface area (Å²) in [6.07, 6.45) is 1.65. The molecule has 0 radical (unpaired) electrons. The number of hydrogen-bond donors (Lipinski definition) is 1. The molecule has 1 aromatic carbocycles. The standard InChI is InChI=1S/C14H18FNOS/c1-4-9-16-14(17)11(3)18-10(2)12-5-7-13(15)8-6-12/h4-8,10-11H,1,9H2,2-3H3,(H,16,17)/t10-,11+/m0/s1. The van der Waals surface area contributed by atoms with Gasteiger partial charge in [0.1, 0.15) is 5.82 Å². The Hall–Kier alpha value is -1.29. The largest absolute Gasteiger partial charge is 0.352 e. The summed E-state index contributed by atoms with van der Waals surface area (Å²) in [6, 6.07) is 6.38. The third-order valence-corrected chi connectivity index (χ3v) is 3.84. The van der Waals surface area contributed by atoms with Gasteiger partial charge in [-0.05, 0) is 31.5 Å². The second-order valence-electron chi connectivity index (χ2n) is 4.01. The Morgan fingerprint density at radius 3 is 2.61 bits per heavy atom. The van der Waals surface area contributed by atoms with Gasteiger partial charge < -0.3 is 5.32 Å². The first-order valence-electron chi connectivity index (χ1n) is 5.84. The number of nitrogens with one attached hydrogen (secondary N) is 1. The average molecular weight is 267 g/mol. The van der Waals surface area contributed by atoms with Crippen LogP contribution in [0.1, 0.15) is 24.7 Å². The lowest BCUT2D eigenvalue weighted by atomic mass is 10.2. The van der Waals surface area contributed by atoms with E-state index >= 15 is 0 Å². The lowest BCUT2D eigenvalue weighted by Gasteiger charge is -2.17. The van der Waals surface area contributed by atoms with Crippen LogP contribution in [-0.4, -0.2) is 17.7 Å². The number of hydrogen-bond acceptors (Lipinski definition) is 2. The minimum atomic E-state index is -0.243. The molecule has 0 saturated carbocycles. The van der Waals surface area contributed by atoms with Gasteiger partial charge in [-0.1, -0.05) is 18.2 Å². The summed E-state index contributed by atoms with van der Waals surface area (Å²) in [7, 11) is 0. The van der Waals surface area contributed by atoms with Crippen LogP contribution in [-0.2, 0) is 4.79 Å². The molecule has 1 aromatic rings. The number of rotatable bonds is 6. The maximum Gasteiger partial charge on any atom is 0.233 e. The molecule has 98 valence electrons. The number of carbonyl (C=O) groups excluding carboxylic acids is 1. The molecule has 0 heterocycles. The molecule has 0 saturated heterocycles. The van der Waals surface area contributed by atoms with Gasteiger partial charge in [-0.25, -0.2) is 4.39 Å². The maximum absolute atomic E-state index is 12.8. The van der Waals surface area contributed by atoms with E-state index in [0.29, 0.717) is 6.54 Å². The van der Waals surface area contributed by atoms with Crippen molar-refractivity contribution in [2.75, 3.05) is 6.54 Å². The van der Waals surface area contributed by atoms with Gasteiger partial charge in [0.15, 0.2) is 0 Å². The number of carbonyl (C=O) groups is 1. The van der Waals surface area contributed by atoms with E-state index in [2.05, 4.69) is 11.9 Å². The van der Waals surface area contributed by atoms with Crippen molar-refractivity contribution in [3.05, 3.63) is 48.3 Å². The van der Waals surface area contributed by atoms with Crippen LogP contribution in [0.2, 0.25) is 0 Å². The average Bonchev–Trinajstić information content (AvgIpc) is 2.36. The Balaban J connectivity index is 2.53. The first-order chi connectivity index (χ1) is 8.54. The topological polar surface area (TPSA) is 29.1 Å². The molecule has 0 unspecified atom stereocenters. The summed E-state index contributed by atoms with van der Waals surface area (Å²) in [4.78, 5) is 11.7. The summed E-state index contributed by atoms with van der Waals surface area (Å²) < 4.78 is 12.8. The molecular formula is C14H18FNOS. The minimum Gasteiger partial charge on any atom is -0.352 e. The molecule has 18 heavy (non-hydrogen) atoms. The smallest absolute Gasteiger partial charge is 0.233 e. The van der Waals surface area contributed by atoms with Crippen LogP contribution in [0, 0.1) is 5.82 Å². The fourth-order valence-corrected chi connectivity index (χ4v) is 2.63. The summed E-state index contributed by atoms with van der Waals surface area (Å²) in [6.45, 7) is 7.91. The van der Waals surface area contributed by atoms with Gasteiger partial charge in [0.2, 0.25) is 5.91 Å². The SMILES string of the molecule is C=CCNC(=O)[C@@H](C)S[C@@H](C)c1ccc(F)cc1. The Morgan fingerprint density at radius 2 is 2.06 bits per heavy atom. The third kappa shape index (κ3) is 4.53. The summed E-state index contributed by atoms with van der Waals surface area (Å²) in [5.41, 5.74) is 1.02. The van der Waals surface area contributed by atoms with E-state index in [1.54, 1.807) is 30.0 Å². The summed E-state index contributed by atoms with van der Waals surface area (Å²) >= 11 is 1.55. The predicted molar refractivity (Wildman–Crippen MR) is 75.1 cm³/mol. The fourth-order valence-electron chi connectivity index (χ4n) is 1.50. The molecule has 2 atom stereocenters. The molecule has 0 fully saturated rings. The van der Waals surface area contributed by atoms with Gasteiger partial charge >= 0.3 is 0 Å². The van der Waals surface area contributed by atoms with Gasteiger partial charge in [-0.3, -0.25) is 4.79 Å². The molecular weight excluding hydrogens is 249 g/mol. The van der Waals surface area contributed by atoms with E-state index in [1.807, 2.05) is 13.8 Å². The van der Waals surface area contributed by atoms with Crippen LogP contribution in [0.3, 0.4) is 0 Å². The molecule has 1 N–H and O–H groups in total. The van der Waals surface area contributed by atoms with Crippen molar-refractivity contribution in [1.29, 1.82) is 0 Å². The Morgan fingerprint density at radius 1 is 1.44 bits per heavy atom. The number of amides is 1. The van der Waals surface area contributed by atoms with E-state index < -0.39 is 0 Å². The summed E-state index contributed by atoms with van der Waals surface area (Å²) in [5.74, 6) is -0.249. The van der Waals surface area contributed by atoms with Crippen LogP contribution >= 0.6 is 11.8 Å². The number of benzene rings is 1. The molecule has 0 aliphatic rings. The van der Waals surface area contributed by atoms with Crippen molar-refractivity contribution in [2.24, 2.45) is 0 Å². The number of halogens is 1. The van der Waals surface area contributed by atoms with Gasteiger partial charge in [-0.2, -0.15) is 0 Å². The quantitative estimate of drug-likeness (QED) is 0.801. The molecule has 0 bridgehead atoms. The lowest BCUT2D eigenvalue weighted by Crippen LogP contribution is -2.31. The fraction of sp³-hybridized carbons (Fsp3) is 0.357. The Kier molecular flexibility index (Phi) is 5.92. The second-order valence-corrected chi connectivity index (χ2v) is 5.69. The van der Waals surface area contributed by atoms with Gasteiger partial charge in [0.25, 0.3) is 0 Å². The first-order valence-corrected chi connectivity index (χ1v) is 6.78. The molecule has 1 amide bonds. The highest BCUT2D eigenvalue weighted by atomic mass is 32.2. The molecule has 1 rings (SSSR count). The Bertz CT molecular complexity index is 405. The molecule has 0 aliphatic carbocycles. The molecule has 4 heteroatoms. The van der Waals surface area contributed by atoms with Crippen LogP contribution < -0.4 is 5.32 Å². The first kappa shape index (κ1) is 14.8. The zero-order valence-electron chi connectivity index (χ0n) is 10.7. The molecule has 0 aromatic heterocycles. The van der Waals surface area contributed by atoms with Gasteiger partial charge in [0, 0.05) is 11.8 Å². The highest BCUT2D eigenvalue weighted by molar-refractivity contribution is 8.00. The molecule has 0 aliphatic heterocycles. The van der Waals surface area contributed by atoms with E-state index in [9.17, 15) is 9.18 Å². The van der Waals surface area contributed by atoms with E-state index in [0.717, 1.165) is 5.56 Å². The van der Waals surface area contributed by atoms with Crippen molar-refractivity contribution < 1.29 is 9.18 Å². The van der Waals surface area contributed by atoms with Crippen molar-refractivity contribution in [3.8, 4) is 0 Å². The van der Waals surface area contributed by atoms with E-state index in [-0.39, 0.29) is 22.2 Å². The predicted octanol–water partition coefficient (Wildman–Crippen LogP) is 3.31. The van der Waals surface area contributed by atoms with Crippen molar-refractivity contribution >= 4 is 17.7 Å².